The molecule has 86 valence electrons. The van der Waals surface area contributed by atoms with Gasteiger partial charge in [0.25, 0.3) is 0 Å². The van der Waals surface area contributed by atoms with Crippen LogP contribution in [0.1, 0.15) is 16.8 Å². The molecule has 0 saturated carbocycles. The van der Waals surface area contributed by atoms with Crippen molar-refractivity contribution < 1.29 is 24.2 Å². The van der Waals surface area contributed by atoms with E-state index in [1.165, 1.54) is 19.2 Å². The van der Waals surface area contributed by atoms with Gasteiger partial charge in [0.2, 0.25) is 0 Å². The number of hydrogen-bond acceptors (Lipinski definition) is 4. The van der Waals surface area contributed by atoms with E-state index < -0.39 is 11.9 Å². The highest BCUT2D eigenvalue weighted by atomic mass is 16.5. The normalized spacial score (nSPS) is 9.81. The maximum absolute atomic E-state index is 11.3. The van der Waals surface area contributed by atoms with Gasteiger partial charge in [-0.1, -0.05) is 12.1 Å². The Morgan fingerprint density at radius 2 is 2.00 bits per heavy atom. The van der Waals surface area contributed by atoms with E-state index in [0.29, 0.717) is 0 Å². The van der Waals surface area contributed by atoms with Crippen molar-refractivity contribution in [1.29, 1.82) is 0 Å². The molecule has 0 amide bonds. The highest BCUT2D eigenvalue weighted by Gasteiger charge is 2.13. The fraction of sp³-hybridized carbons (Fsp3) is 0.273. The predicted molar refractivity (Wildman–Crippen MR) is 55.5 cm³/mol. The number of aromatic carboxylic acids is 1. The van der Waals surface area contributed by atoms with Gasteiger partial charge >= 0.3 is 11.9 Å². The van der Waals surface area contributed by atoms with E-state index in [2.05, 4.69) is 0 Å². The van der Waals surface area contributed by atoms with Crippen LogP contribution < -0.4 is 4.74 Å². The number of carboxylic acid groups (broad SMARTS) is 1. The van der Waals surface area contributed by atoms with Crippen LogP contribution in [-0.4, -0.2) is 30.8 Å². The van der Waals surface area contributed by atoms with Crippen molar-refractivity contribution in [1.82, 2.24) is 0 Å². The van der Waals surface area contributed by atoms with E-state index in [-0.39, 0.29) is 24.3 Å². The van der Waals surface area contributed by atoms with Crippen molar-refractivity contribution in [3.05, 3.63) is 29.8 Å². The Hall–Kier alpha value is -1.88. The molecule has 1 aromatic rings. The predicted octanol–water partition coefficient (Wildman–Crippen LogP) is 1.33. The third-order valence-corrected chi connectivity index (χ3v) is 1.85. The van der Waals surface area contributed by atoms with Crippen molar-refractivity contribution in [2.45, 2.75) is 6.42 Å². The highest BCUT2D eigenvalue weighted by molar-refractivity contribution is 5.91. The Morgan fingerprint density at radius 1 is 1.31 bits per heavy atom. The minimum atomic E-state index is -1.13. The van der Waals surface area contributed by atoms with E-state index in [1.807, 2.05) is 0 Å². The summed E-state index contributed by atoms with van der Waals surface area (Å²) < 4.78 is 9.62. The minimum absolute atomic E-state index is 0.0340. The van der Waals surface area contributed by atoms with Crippen LogP contribution in [0.15, 0.2) is 24.3 Å². The van der Waals surface area contributed by atoms with Gasteiger partial charge in [0.1, 0.15) is 11.3 Å². The molecule has 16 heavy (non-hydrogen) atoms. The number of carbonyl (C=O) groups excluding carboxylic acids is 1. The number of carbonyl (C=O) groups is 2. The summed E-state index contributed by atoms with van der Waals surface area (Å²) in [6, 6.07) is 5.98. The quantitative estimate of drug-likeness (QED) is 0.603. The van der Waals surface area contributed by atoms with Gasteiger partial charge in [0, 0.05) is 7.11 Å². The second kappa shape index (κ2) is 5.87. The first kappa shape index (κ1) is 12.2. The number of esters is 1. The minimum Gasteiger partial charge on any atom is -0.478 e. The van der Waals surface area contributed by atoms with Crippen LogP contribution in [0.25, 0.3) is 0 Å². The first-order valence-corrected chi connectivity index (χ1v) is 4.67. The van der Waals surface area contributed by atoms with Gasteiger partial charge in [-0.3, -0.25) is 4.79 Å². The van der Waals surface area contributed by atoms with E-state index in [9.17, 15) is 9.59 Å². The summed E-state index contributed by atoms with van der Waals surface area (Å²) in [5.74, 6) is -1.60. The van der Waals surface area contributed by atoms with E-state index >= 15 is 0 Å². The topological polar surface area (TPSA) is 72.8 Å². The first-order valence-electron chi connectivity index (χ1n) is 4.67. The molecule has 0 atom stereocenters. The van der Waals surface area contributed by atoms with Gasteiger partial charge in [0.15, 0.2) is 0 Å². The molecule has 0 radical (unpaired) electrons. The van der Waals surface area contributed by atoms with Crippen LogP contribution in [0.2, 0.25) is 0 Å². The molecular formula is C11H12O5. The lowest BCUT2D eigenvalue weighted by atomic mass is 10.2. The van der Waals surface area contributed by atoms with E-state index in [0.717, 1.165) is 0 Å². The van der Waals surface area contributed by atoms with Crippen LogP contribution in [0, 0.1) is 0 Å². The largest absolute Gasteiger partial charge is 0.478 e. The summed E-state index contributed by atoms with van der Waals surface area (Å²) in [6.45, 7) is 0.244. The van der Waals surface area contributed by atoms with Crippen LogP contribution in [0.3, 0.4) is 0 Å². The fourth-order valence-corrected chi connectivity index (χ4v) is 1.09. The number of ether oxygens (including phenoxy) is 2. The second-order valence-corrected chi connectivity index (χ2v) is 3.02. The number of methoxy groups -OCH3 is 1. The highest BCUT2D eigenvalue weighted by Crippen LogP contribution is 2.18. The van der Waals surface area contributed by atoms with Crippen LogP contribution >= 0.6 is 0 Å². The zero-order valence-corrected chi connectivity index (χ0v) is 8.80. The van der Waals surface area contributed by atoms with Crippen LogP contribution in [-0.2, 0) is 9.53 Å². The smallest absolute Gasteiger partial charge is 0.339 e. The lowest BCUT2D eigenvalue weighted by Gasteiger charge is -2.06. The number of hydrogen-bond donors (Lipinski definition) is 1. The van der Waals surface area contributed by atoms with Crippen molar-refractivity contribution >= 4 is 11.9 Å². The summed E-state index contributed by atoms with van der Waals surface area (Å²) in [5.41, 5.74) is -0.0340. The molecule has 1 N–H and O–H groups in total. The van der Waals surface area contributed by atoms with Crippen molar-refractivity contribution in [3.8, 4) is 5.75 Å². The van der Waals surface area contributed by atoms with Gasteiger partial charge in [-0.05, 0) is 12.1 Å². The summed E-state index contributed by atoms with van der Waals surface area (Å²) >= 11 is 0. The molecule has 0 bridgehead atoms. The Labute approximate surface area is 92.6 Å². The molecule has 0 heterocycles. The third-order valence-electron chi connectivity index (χ3n) is 1.85. The number of carboxylic acids is 1. The second-order valence-electron chi connectivity index (χ2n) is 3.02. The first-order chi connectivity index (χ1) is 7.65. The summed E-state index contributed by atoms with van der Waals surface area (Å²) in [4.78, 5) is 22.1. The summed E-state index contributed by atoms with van der Waals surface area (Å²) in [5, 5.41) is 8.84. The molecule has 5 heteroatoms. The molecule has 0 saturated heterocycles. The monoisotopic (exact) mass is 224 g/mol. The van der Waals surface area contributed by atoms with Gasteiger partial charge in [0.05, 0.1) is 13.0 Å². The van der Waals surface area contributed by atoms with Crippen LogP contribution in [0.4, 0.5) is 0 Å². The molecule has 1 aromatic carbocycles. The molecule has 5 nitrogen and oxygen atoms in total. The molecule has 1 rings (SSSR count). The zero-order valence-electron chi connectivity index (χ0n) is 8.80. The Balaban J connectivity index is 2.73. The molecule has 0 aliphatic heterocycles. The zero-order chi connectivity index (χ0) is 12.0. The third kappa shape index (κ3) is 3.36. The van der Waals surface area contributed by atoms with Gasteiger partial charge in [-0.25, -0.2) is 4.79 Å². The van der Waals surface area contributed by atoms with Gasteiger partial charge < -0.3 is 14.6 Å². The maximum atomic E-state index is 11.3. The molecule has 0 aromatic heterocycles. The average Bonchev–Trinajstić information content (AvgIpc) is 2.27. The van der Waals surface area contributed by atoms with Crippen LogP contribution in [0.5, 0.6) is 5.75 Å². The Kier molecular flexibility index (Phi) is 4.47. The SMILES string of the molecule is COCCC(=O)Oc1ccccc1C(=O)O. The Bertz CT molecular complexity index is 386. The Morgan fingerprint density at radius 3 is 2.62 bits per heavy atom. The number of benzene rings is 1. The standard InChI is InChI=1S/C11H12O5/c1-15-7-6-10(12)16-9-5-3-2-4-8(9)11(13)14/h2-5H,6-7H2,1H3,(H,13,14). The molecule has 0 spiro atoms. The summed E-state index contributed by atoms with van der Waals surface area (Å²) in [7, 11) is 1.47. The van der Waals surface area contributed by atoms with Gasteiger partial charge in [-0.15, -0.1) is 0 Å². The molecule has 0 aliphatic rings. The molecular weight excluding hydrogens is 212 g/mol. The van der Waals surface area contributed by atoms with E-state index in [1.54, 1.807) is 12.1 Å². The molecule has 0 aliphatic carbocycles. The van der Waals surface area contributed by atoms with Crippen molar-refractivity contribution in [3.63, 3.8) is 0 Å². The number of rotatable bonds is 5. The fourth-order valence-electron chi connectivity index (χ4n) is 1.09. The molecule has 0 unspecified atom stereocenters. The van der Waals surface area contributed by atoms with Crippen molar-refractivity contribution in [2.24, 2.45) is 0 Å². The molecule has 0 fully saturated rings. The lowest BCUT2D eigenvalue weighted by molar-refractivity contribution is -0.135. The average molecular weight is 224 g/mol. The lowest BCUT2D eigenvalue weighted by Crippen LogP contribution is -2.12. The summed E-state index contributed by atoms with van der Waals surface area (Å²) in [6.07, 6.45) is 0.0878. The number of para-hydroxylation sites is 1. The van der Waals surface area contributed by atoms with E-state index in [4.69, 9.17) is 14.6 Å². The van der Waals surface area contributed by atoms with Gasteiger partial charge in [-0.2, -0.15) is 0 Å². The van der Waals surface area contributed by atoms with Crippen molar-refractivity contribution in [2.75, 3.05) is 13.7 Å². The maximum Gasteiger partial charge on any atom is 0.339 e.